The first-order valence-corrected chi connectivity index (χ1v) is 12.1. The van der Waals surface area contributed by atoms with Gasteiger partial charge in [0.15, 0.2) is 0 Å². The highest BCUT2D eigenvalue weighted by Gasteiger charge is 2.18. The molecule has 0 aliphatic heterocycles. The number of carbonyl (C=O) groups excluding carboxylic acids is 1. The van der Waals surface area contributed by atoms with Crippen molar-refractivity contribution in [3.05, 3.63) is 59.3 Å². The van der Waals surface area contributed by atoms with Gasteiger partial charge in [-0.25, -0.2) is 8.42 Å². The van der Waals surface area contributed by atoms with Crippen LogP contribution in [0, 0.1) is 18.3 Å². The Morgan fingerprint density at radius 2 is 1.79 bits per heavy atom. The standard InChI is InChI=1S/C23H27N5O5S/c1-16-2-7-20(22-21(16)18(14-25)15-27-22)28-34(30,31)19-5-3-17(4-6-19)23(29)26-9-11-33-13-12-32-10-8-24/h2-7,15,27-28H,8-13,24H2,1H3,(H,26,29). The van der Waals surface area contributed by atoms with E-state index in [-0.39, 0.29) is 10.8 Å². The minimum Gasteiger partial charge on any atom is -0.378 e. The van der Waals surface area contributed by atoms with E-state index in [9.17, 15) is 18.5 Å². The summed E-state index contributed by atoms with van der Waals surface area (Å²) in [6.07, 6.45) is 1.55. The van der Waals surface area contributed by atoms with Crippen molar-refractivity contribution in [2.45, 2.75) is 11.8 Å². The molecule has 34 heavy (non-hydrogen) atoms. The maximum atomic E-state index is 12.9. The molecule has 0 aliphatic carbocycles. The Labute approximate surface area is 198 Å². The van der Waals surface area contributed by atoms with Crippen molar-refractivity contribution in [3.63, 3.8) is 0 Å². The number of aryl methyl sites for hydroxylation is 1. The van der Waals surface area contributed by atoms with Crippen molar-refractivity contribution in [2.24, 2.45) is 5.73 Å². The predicted molar refractivity (Wildman–Crippen MR) is 128 cm³/mol. The summed E-state index contributed by atoms with van der Waals surface area (Å²) in [4.78, 5) is 15.2. The molecule has 0 spiro atoms. The van der Waals surface area contributed by atoms with E-state index in [1.54, 1.807) is 18.3 Å². The van der Waals surface area contributed by atoms with E-state index in [2.05, 4.69) is 21.1 Å². The summed E-state index contributed by atoms with van der Waals surface area (Å²) in [5, 5.41) is 12.7. The Kier molecular flexibility index (Phi) is 8.61. The average Bonchev–Trinajstić information content (AvgIpc) is 3.28. The lowest BCUT2D eigenvalue weighted by atomic mass is 10.1. The predicted octanol–water partition coefficient (Wildman–Crippen LogP) is 1.87. The van der Waals surface area contributed by atoms with Gasteiger partial charge >= 0.3 is 0 Å². The van der Waals surface area contributed by atoms with Crippen molar-refractivity contribution in [1.29, 1.82) is 5.26 Å². The first-order chi connectivity index (χ1) is 16.4. The Morgan fingerprint density at radius 3 is 2.47 bits per heavy atom. The summed E-state index contributed by atoms with van der Waals surface area (Å²) in [5.74, 6) is -0.337. The second-order valence-electron chi connectivity index (χ2n) is 7.39. The van der Waals surface area contributed by atoms with Gasteiger partial charge in [0.05, 0.1) is 48.1 Å². The van der Waals surface area contributed by atoms with E-state index in [0.717, 1.165) is 5.56 Å². The molecule has 1 amide bonds. The summed E-state index contributed by atoms with van der Waals surface area (Å²) >= 11 is 0. The lowest BCUT2D eigenvalue weighted by Crippen LogP contribution is -2.27. The van der Waals surface area contributed by atoms with Crippen LogP contribution in [0.1, 0.15) is 21.5 Å². The molecular formula is C23H27N5O5S. The number of fused-ring (bicyclic) bond motifs is 1. The summed E-state index contributed by atoms with van der Waals surface area (Å²) < 4.78 is 38.9. The quantitative estimate of drug-likeness (QED) is 0.285. The summed E-state index contributed by atoms with van der Waals surface area (Å²) in [5.41, 5.74) is 7.80. The van der Waals surface area contributed by atoms with Crippen molar-refractivity contribution < 1.29 is 22.7 Å². The molecule has 2 aromatic carbocycles. The second kappa shape index (κ2) is 11.6. The molecule has 0 unspecified atom stereocenters. The van der Waals surface area contributed by atoms with Crippen molar-refractivity contribution >= 4 is 32.5 Å². The van der Waals surface area contributed by atoms with Crippen LogP contribution in [-0.4, -0.2) is 58.8 Å². The lowest BCUT2D eigenvalue weighted by Gasteiger charge is -2.11. The maximum Gasteiger partial charge on any atom is 0.261 e. The van der Waals surface area contributed by atoms with Gasteiger partial charge in [-0.15, -0.1) is 0 Å². The monoisotopic (exact) mass is 485 g/mol. The van der Waals surface area contributed by atoms with E-state index in [4.69, 9.17) is 15.2 Å². The highest BCUT2D eigenvalue weighted by Crippen LogP contribution is 2.30. The molecule has 0 fully saturated rings. The number of aromatic nitrogens is 1. The number of nitrogens with two attached hydrogens (primary N) is 1. The van der Waals surface area contributed by atoms with Crippen LogP contribution in [0.3, 0.4) is 0 Å². The van der Waals surface area contributed by atoms with Gasteiger partial charge in [0, 0.05) is 30.2 Å². The number of H-pyrrole nitrogens is 1. The smallest absolute Gasteiger partial charge is 0.261 e. The van der Waals surface area contributed by atoms with Crippen LogP contribution in [0.4, 0.5) is 5.69 Å². The normalized spacial score (nSPS) is 11.3. The minimum absolute atomic E-state index is 0.00523. The third-order valence-corrected chi connectivity index (χ3v) is 6.38. The molecular weight excluding hydrogens is 458 g/mol. The fourth-order valence-corrected chi connectivity index (χ4v) is 4.40. The summed E-state index contributed by atoms with van der Waals surface area (Å²) in [6.45, 7) is 4.26. The van der Waals surface area contributed by atoms with E-state index >= 15 is 0 Å². The van der Waals surface area contributed by atoms with Crippen LogP contribution in [0.25, 0.3) is 10.9 Å². The summed E-state index contributed by atoms with van der Waals surface area (Å²) in [7, 11) is -3.92. The van der Waals surface area contributed by atoms with Gasteiger partial charge in [0.1, 0.15) is 6.07 Å². The number of hydrogen-bond acceptors (Lipinski definition) is 7. The molecule has 0 atom stereocenters. The molecule has 1 heterocycles. The van der Waals surface area contributed by atoms with Crippen LogP contribution < -0.4 is 15.8 Å². The third-order valence-electron chi connectivity index (χ3n) is 5.00. The topological polar surface area (TPSA) is 159 Å². The van der Waals surface area contributed by atoms with Crippen LogP contribution in [-0.2, 0) is 19.5 Å². The van der Waals surface area contributed by atoms with Crippen LogP contribution in [0.2, 0.25) is 0 Å². The minimum atomic E-state index is -3.92. The van der Waals surface area contributed by atoms with Gasteiger partial charge in [-0.1, -0.05) is 6.07 Å². The highest BCUT2D eigenvalue weighted by molar-refractivity contribution is 7.92. The Morgan fingerprint density at radius 1 is 1.09 bits per heavy atom. The summed E-state index contributed by atoms with van der Waals surface area (Å²) in [6, 6.07) is 11.1. The fraction of sp³-hybridized carbons (Fsp3) is 0.304. The zero-order valence-electron chi connectivity index (χ0n) is 18.8. The molecule has 3 aromatic rings. The van der Waals surface area contributed by atoms with Gasteiger partial charge in [-0.05, 0) is 42.8 Å². The van der Waals surface area contributed by atoms with Crippen molar-refractivity contribution in [2.75, 3.05) is 44.2 Å². The molecule has 3 rings (SSSR count). The van der Waals surface area contributed by atoms with E-state index in [0.29, 0.717) is 67.2 Å². The SMILES string of the molecule is Cc1ccc(NS(=O)(=O)c2ccc(C(=O)NCCOCCOCCN)cc2)c2[nH]cc(C#N)c12. The fourth-order valence-electron chi connectivity index (χ4n) is 3.33. The van der Waals surface area contributed by atoms with Gasteiger partial charge in [0.25, 0.3) is 15.9 Å². The number of nitrogens with zero attached hydrogens (tertiary/aromatic N) is 1. The van der Waals surface area contributed by atoms with E-state index in [1.165, 1.54) is 24.3 Å². The van der Waals surface area contributed by atoms with Crippen LogP contribution in [0.5, 0.6) is 0 Å². The lowest BCUT2D eigenvalue weighted by molar-refractivity contribution is 0.0511. The number of rotatable bonds is 12. The van der Waals surface area contributed by atoms with Gasteiger partial charge in [-0.3, -0.25) is 9.52 Å². The second-order valence-corrected chi connectivity index (χ2v) is 9.08. The number of nitrogens with one attached hydrogen (secondary N) is 3. The molecule has 10 nitrogen and oxygen atoms in total. The maximum absolute atomic E-state index is 12.9. The number of sulfonamides is 1. The molecule has 1 aromatic heterocycles. The van der Waals surface area contributed by atoms with E-state index < -0.39 is 10.0 Å². The number of aromatic amines is 1. The first kappa shape index (κ1) is 25.2. The Balaban J connectivity index is 1.59. The number of benzene rings is 2. The third kappa shape index (κ3) is 6.12. The van der Waals surface area contributed by atoms with Crippen molar-refractivity contribution in [1.82, 2.24) is 10.3 Å². The largest absolute Gasteiger partial charge is 0.378 e. The molecule has 0 aliphatic rings. The first-order valence-electron chi connectivity index (χ1n) is 10.6. The number of ether oxygens (including phenoxy) is 2. The highest BCUT2D eigenvalue weighted by atomic mass is 32.2. The number of nitriles is 1. The molecule has 0 bridgehead atoms. The number of amides is 1. The Hall–Kier alpha value is -3.43. The zero-order valence-corrected chi connectivity index (χ0v) is 19.6. The molecule has 0 saturated carbocycles. The molecule has 0 saturated heterocycles. The number of anilines is 1. The van der Waals surface area contributed by atoms with Gasteiger partial charge in [-0.2, -0.15) is 5.26 Å². The van der Waals surface area contributed by atoms with Gasteiger partial charge in [0.2, 0.25) is 0 Å². The van der Waals surface area contributed by atoms with E-state index in [1.807, 2.05) is 6.92 Å². The zero-order chi connectivity index (χ0) is 24.6. The van der Waals surface area contributed by atoms with Crippen molar-refractivity contribution in [3.8, 4) is 6.07 Å². The molecule has 5 N–H and O–H groups in total. The van der Waals surface area contributed by atoms with Crippen LogP contribution in [0.15, 0.2) is 47.5 Å². The molecule has 0 radical (unpaired) electrons. The molecule has 180 valence electrons. The average molecular weight is 486 g/mol. The Bertz CT molecular complexity index is 1280. The number of carbonyl (C=O) groups is 1. The van der Waals surface area contributed by atoms with Crippen LogP contribution >= 0.6 is 0 Å². The molecule has 11 heteroatoms. The number of hydrogen-bond donors (Lipinski definition) is 4. The van der Waals surface area contributed by atoms with Gasteiger partial charge < -0.3 is 25.5 Å².